The molecule has 9 heteroatoms. The molecule has 0 aliphatic heterocycles. The smallest absolute Gasteiger partial charge is 0.330 e. The maximum atomic E-state index is 13.4. The van der Waals surface area contributed by atoms with Gasteiger partial charge in [-0.3, -0.25) is 19.1 Å². The first kappa shape index (κ1) is 21.0. The largest absolute Gasteiger partial charge is 0.381 e. The SMILES string of the molecule is CCn1c(NC(=O)c2cc(-c3ccc(F)cc3)nc3ccccc23)c(NC)c(=O)[nH]c1=O. The molecular weight excluding hydrogens is 413 g/mol. The predicted molar refractivity (Wildman–Crippen MR) is 122 cm³/mol. The lowest BCUT2D eigenvalue weighted by Crippen LogP contribution is -2.34. The van der Waals surface area contributed by atoms with Gasteiger partial charge in [0.25, 0.3) is 11.5 Å². The van der Waals surface area contributed by atoms with Crippen LogP contribution < -0.4 is 21.9 Å². The number of benzene rings is 2. The van der Waals surface area contributed by atoms with Crippen LogP contribution in [0.15, 0.2) is 64.2 Å². The second-order valence-electron chi connectivity index (χ2n) is 7.01. The molecule has 3 N–H and O–H groups in total. The van der Waals surface area contributed by atoms with Crippen LogP contribution in [0.2, 0.25) is 0 Å². The Balaban J connectivity index is 1.87. The second-order valence-corrected chi connectivity index (χ2v) is 7.01. The molecule has 0 atom stereocenters. The summed E-state index contributed by atoms with van der Waals surface area (Å²) in [7, 11) is 1.53. The highest BCUT2D eigenvalue weighted by molar-refractivity contribution is 6.13. The Bertz CT molecular complexity index is 1400. The van der Waals surface area contributed by atoms with Gasteiger partial charge in [-0.05, 0) is 43.3 Å². The molecule has 4 aromatic rings. The van der Waals surface area contributed by atoms with Crippen molar-refractivity contribution in [3.63, 3.8) is 0 Å². The Hall–Kier alpha value is -4.27. The number of para-hydroxylation sites is 1. The van der Waals surface area contributed by atoms with Crippen LogP contribution in [0.3, 0.4) is 0 Å². The fourth-order valence-electron chi connectivity index (χ4n) is 3.54. The number of anilines is 2. The zero-order chi connectivity index (χ0) is 22.8. The van der Waals surface area contributed by atoms with Crippen molar-refractivity contribution in [2.45, 2.75) is 13.5 Å². The number of nitrogens with zero attached hydrogens (tertiary/aromatic N) is 2. The number of nitrogens with one attached hydrogen (secondary N) is 3. The number of H-pyrrole nitrogens is 1. The highest BCUT2D eigenvalue weighted by atomic mass is 19.1. The number of hydrogen-bond acceptors (Lipinski definition) is 5. The van der Waals surface area contributed by atoms with Crippen molar-refractivity contribution >= 4 is 28.3 Å². The van der Waals surface area contributed by atoms with Crippen LogP contribution in [0.5, 0.6) is 0 Å². The monoisotopic (exact) mass is 433 g/mol. The molecule has 2 heterocycles. The normalized spacial score (nSPS) is 10.8. The Morgan fingerprint density at radius 2 is 1.84 bits per heavy atom. The quantitative estimate of drug-likeness (QED) is 0.448. The molecule has 32 heavy (non-hydrogen) atoms. The van der Waals surface area contributed by atoms with Crippen molar-refractivity contribution in [2.75, 3.05) is 17.7 Å². The maximum absolute atomic E-state index is 13.4. The van der Waals surface area contributed by atoms with E-state index in [0.29, 0.717) is 27.7 Å². The lowest BCUT2D eigenvalue weighted by atomic mass is 10.0. The van der Waals surface area contributed by atoms with Crippen molar-refractivity contribution in [1.82, 2.24) is 14.5 Å². The zero-order valence-electron chi connectivity index (χ0n) is 17.4. The van der Waals surface area contributed by atoms with Crippen LogP contribution in [0, 0.1) is 5.82 Å². The summed E-state index contributed by atoms with van der Waals surface area (Å²) in [5, 5.41) is 6.04. The van der Waals surface area contributed by atoms with Gasteiger partial charge in [0.05, 0.1) is 16.8 Å². The summed E-state index contributed by atoms with van der Waals surface area (Å²) in [4.78, 5) is 44.7. The molecule has 0 saturated carbocycles. The van der Waals surface area contributed by atoms with Gasteiger partial charge in [-0.25, -0.2) is 14.2 Å². The Kier molecular flexibility index (Phi) is 5.55. The van der Waals surface area contributed by atoms with Gasteiger partial charge in [0.1, 0.15) is 17.3 Å². The molecule has 8 nitrogen and oxygen atoms in total. The van der Waals surface area contributed by atoms with E-state index >= 15 is 0 Å². The van der Waals surface area contributed by atoms with Crippen LogP contribution >= 0.6 is 0 Å². The zero-order valence-corrected chi connectivity index (χ0v) is 17.4. The molecule has 0 saturated heterocycles. The van der Waals surface area contributed by atoms with Crippen molar-refractivity contribution < 1.29 is 9.18 Å². The predicted octanol–water partition coefficient (Wildman–Crippen LogP) is 3.20. The number of carbonyl (C=O) groups is 1. The third-order valence-electron chi connectivity index (χ3n) is 5.10. The molecule has 0 spiro atoms. The van der Waals surface area contributed by atoms with E-state index in [0.717, 1.165) is 0 Å². The van der Waals surface area contributed by atoms with Crippen molar-refractivity contribution in [3.05, 3.63) is 86.8 Å². The highest BCUT2D eigenvalue weighted by Gasteiger charge is 2.19. The van der Waals surface area contributed by atoms with Gasteiger partial charge in [0.2, 0.25) is 0 Å². The fraction of sp³-hybridized carbons (Fsp3) is 0.130. The number of rotatable bonds is 5. The molecule has 0 aliphatic carbocycles. The number of carbonyl (C=O) groups excluding carboxylic acids is 1. The first-order valence-corrected chi connectivity index (χ1v) is 9.95. The number of amides is 1. The lowest BCUT2D eigenvalue weighted by Gasteiger charge is -2.16. The van der Waals surface area contributed by atoms with E-state index in [-0.39, 0.29) is 23.9 Å². The van der Waals surface area contributed by atoms with Crippen molar-refractivity contribution in [1.29, 1.82) is 0 Å². The van der Waals surface area contributed by atoms with E-state index < -0.39 is 17.2 Å². The summed E-state index contributed by atoms with van der Waals surface area (Å²) >= 11 is 0. The van der Waals surface area contributed by atoms with Gasteiger partial charge in [-0.15, -0.1) is 0 Å². The van der Waals surface area contributed by atoms with Crippen molar-refractivity contribution in [2.24, 2.45) is 0 Å². The number of halogens is 1. The van der Waals surface area contributed by atoms with Gasteiger partial charge in [0.15, 0.2) is 0 Å². The van der Waals surface area contributed by atoms with Crippen LogP contribution in [0.25, 0.3) is 22.2 Å². The van der Waals surface area contributed by atoms with E-state index in [9.17, 15) is 18.8 Å². The average Bonchev–Trinajstić information content (AvgIpc) is 2.79. The number of fused-ring (bicyclic) bond motifs is 1. The standard InChI is InChI=1S/C23H20FN5O3/c1-3-29-20(19(25-2)22(31)28-23(29)32)27-21(30)16-12-18(13-8-10-14(24)11-9-13)26-17-7-5-4-6-15(16)17/h4-12,25H,3H2,1-2H3,(H,27,30)(H,28,31,32). The summed E-state index contributed by atoms with van der Waals surface area (Å²) < 4.78 is 14.6. The summed E-state index contributed by atoms with van der Waals surface area (Å²) in [5.74, 6) is -0.826. The van der Waals surface area contributed by atoms with E-state index in [2.05, 4.69) is 20.6 Å². The van der Waals surface area contributed by atoms with Crippen LogP contribution in [0.1, 0.15) is 17.3 Å². The molecule has 2 aromatic heterocycles. The highest BCUT2D eigenvalue weighted by Crippen LogP contribution is 2.26. The summed E-state index contributed by atoms with van der Waals surface area (Å²) in [6.07, 6.45) is 0. The third kappa shape index (κ3) is 3.76. The Labute approximate surface area is 181 Å². The van der Waals surface area contributed by atoms with Gasteiger partial charge in [-0.1, -0.05) is 18.2 Å². The molecule has 4 rings (SSSR count). The van der Waals surface area contributed by atoms with Gasteiger partial charge < -0.3 is 10.6 Å². The summed E-state index contributed by atoms with van der Waals surface area (Å²) in [6.45, 7) is 1.96. The fourth-order valence-corrected chi connectivity index (χ4v) is 3.54. The molecule has 1 amide bonds. The molecule has 2 aromatic carbocycles. The van der Waals surface area contributed by atoms with E-state index in [1.54, 1.807) is 49.4 Å². The number of pyridine rings is 1. The second kappa shape index (κ2) is 8.46. The molecule has 0 bridgehead atoms. The Morgan fingerprint density at radius 1 is 1.12 bits per heavy atom. The van der Waals surface area contributed by atoms with Crippen LogP contribution in [-0.4, -0.2) is 27.5 Å². The molecule has 0 unspecified atom stereocenters. The number of aromatic nitrogens is 3. The third-order valence-corrected chi connectivity index (χ3v) is 5.10. The van der Waals surface area contributed by atoms with E-state index in [1.165, 1.54) is 23.7 Å². The van der Waals surface area contributed by atoms with Crippen LogP contribution in [-0.2, 0) is 6.54 Å². The minimum absolute atomic E-state index is 0.0666. The average molecular weight is 433 g/mol. The molecule has 0 radical (unpaired) electrons. The summed E-state index contributed by atoms with van der Waals surface area (Å²) in [5.41, 5.74) is 0.809. The van der Waals surface area contributed by atoms with Gasteiger partial charge >= 0.3 is 5.69 Å². The number of hydrogen-bond donors (Lipinski definition) is 3. The lowest BCUT2D eigenvalue weighted by molar-refractivity contribution is 0.102. The van der Waals surface area contributed by atoms with Gasteiger partial charge in [0, 0.05) is 24.5 Å². The minimum atomic E-state index is -0.635. The van der Waals surface area contributed by atoms with E-state index in [4.69, 9.17) is 0 Å². The minimum Gasteiger partial charge on any atom is -0.381 e. The van der Waals surface area contributed by atoms with Crippen LogP contribution in [0.4, 0.5) is 15.9 Å². The molecular formula is C23H20FN5O3. The molecule has 162 valence electrons. The first-order valence-electron chi connectivity index (χ1n) is 9.95. The first-order chi connectivity index (χ1) is 15.4. The summed E-state index contributed by atoms with van der Waals surface area (Å²) in [6, 6.07) is 14.5. The molecule has 0 aliphatic rings. The van der Waals surface area contributed by atoms with Gasteiger partial charge in [-0.2, -0.15) is 0 Å². The topological polar surface area (TPSA) is 109 Å². The maximum Gasteiger partial charge on any atom is 0.330 e. The molecule has 0 fully saturated rings. The van der Waals surface area contributed by atoms with Crippen molar-refractivity contribution in [3.8, 4) is 11.3 Å². The van der Waals surface area contributed by atoms with E-state index in [1.807, 2.05) is 0 Å². The Morgan fingerprint density at radius 3 is 2.53 bits per heavy atom. The number of aromatic amines is 1.